The lowest BCUT2D eigenvalue weighted by molar-refractivity contribution is -0.153. The van der Waals surface area contributed by atoms with E-state index in [2.05, 4.69) is 34.6 Å². The molecule has 0 N–H and O–H groups in total. The highest BCUT2D eigenvalue weighted by Crippen LogP contribution is 2.32. The average Bonchev–Trinajstić information content (AvgIpc) is 2.81. The van der Waals surface area contributed by atoms with E-state index in [9.17, 15) is 14.4 Å². The van der Waals surface area contributed by atoms with Crippen molar-refractivity contribution >= 4 is 18.4 Å². The van der Waals surface area contributed by atoms with Crippen LogP contribution in [-0.4, -0.2) is 31.6 Å². The Labute approximate surface area is 214 Å². The molecule has 0 spiro atoms. The van der Waals surface area contributed by atoms with Gasteiger partial charge >= 0.3 is 11.9 Å². The van der Waals surface area contributed by atoms with Gasteiger partial charge in [-0.3, -0.25) is 9.59 Å². The number of benzene rings is 2. The van der Waals surface area contributed by atoms with Crippen LogP contribution in [0, 0.1) is 24.2 Å². The molecule has 0 bridgehead atoms. The van der Waals surface area contributed by atoms with Crippen LogP contribution in [0.4, 0.5) is 0 Å². The maximum absolute atomic E-state index is 12.5. The standard InChI is InChI=1S/C29H38O7/c1-20(2)17-25(29(4,5)6)28(32)34-16-8-7-15-33-23-11-9-22(10-12-23)27(31)36-24-13-14-26(35-19-30)21(3)18-24/h9-14,18-20,25H,7-8,15-17H2,1-6H3. The largest absolute Gasteiger partial charge is 0.494 e. The molecule has 0 heterocycles. The molecule has 0 amide bonds. The summed E-state index contributed by atoms with van der Waals surface area (Å²) in [6.45, 7) is 13.4. The van der Waals surface area contributed by atoms with E-state index in [1.54, 1.807) is 49.4 Å². The van der Waals surface area contributed by atoms with E-state index >= 15 is 0 Å². The molecule has 0 saturated heterocycles. The molecule has 0 saturated carbocycles. The Hall–Kier alpha value is -3.35. The molecule has 0 fully saturated rings. The van der Waals surface area contributed by atoms with E-state index < -0.39 is 5.97 Å². The zero-order valence-corrected chi connectivity index (χ0v) is 22.2. The first kappa shape index (κ1) is 28.9. The molecule has 1 unspecified atom stereocenters. The minimum absolute atomic E-state index is 0.112. The molecule has 196 valence electrons. The van der Waals surface area contributed by atoms with Gasteiger partial charge in [0, 0.05) is 0 Å². The Morgan fingerprint density at radius 1 is 0.944 bits per heavy atom. The van der Waals surface area contributed by atoms with Gasteiger partial charge in [0.05, 0.1) is 24.7 Å². The Morgan fingerprint density at radius 2 is 1.58 bits per heavy atom. The highest BCUT2D eigenvalue weighted by Gasteiger charge is 2.32. The second-order valence-corrected chi connectivity index (χ2v) is 10.3. The van der Waals surface area contributed by atoms with Crippen LogP contribution < -0.4 is 14.2 Å². The maximum Gasteiger partial charge on any atom is 0.343 e. The number of rotatable bonds is 13. The van der Waals surface area contributed by atoms with Crippen molar-refractivity contribution < 1.29 is 33.3 Å². The van der Waals surface area contributed by atoms with E-state index in [0.29, 0.717) is 60.4 Å². The molecule has 0 aliphatic heterocycles. The minimum Gasteiger partial charge on any atom is -0.494 e. The van der Waals surface area contributed by atoms with Crippen molar-refractivity contribution in [1.29, 1.82) is 0 Å². The maximum atomic E-state index is 12.5. The highest BCUT2D eigenvalue weighted by molar-refractivity contribution is 5.91. The molecular formula is C29H38O7. The van der Waals surface area contributed by atoms with Crippen molar-refractivity contribution in [2.75, 3.05) is 13.2 Å². The molecule has 0 aromatic heterocycles. The lowest BCUT2D eigenvalue weighted by Crippen LogP contribution is -2.31. The summed E-state index contributed by atoms with van der Waals surface area (Å²) in [6.07, 6.45) is 2.27. The van der Waals surface area contributed by atoms with Crippen LogP contribution in [0.15, 0.2) is 42.5 Å². The molecule has 0 aliphatic rings. The molecule has 0 radical (unpaired) electrons. The summed E-state index contributed by atoms with van der Waals surface area (Å²) in [5.74, 6) is 1.10. The number of ether oxygens (including phenoxy) is 4. The van der Waals surface area contributed by atoms with Crippen LogP contribution in [0.1, 0.15) is 69.8 Å². The van der Waals surface area contributed by atoms with Gasteiger partial charge in [-0.25, -0.2) is 4.79 Å². The fourth-order valence-electron chi connectivity index (χ4n) is 3.66. The van der Waals surface area contributed by atoms with E-state index in [4.69, 9.17) is 18.9 Å². The normalized spacial score (nSPS) is 12.1. The summed E-state index contributed by atoms with van der Waals surface area (Å²) < 4.78 is 21.5. The van der Waals surface area contributed by atoms with Gasteiger partial charge in [-0.2, -0.15) is 0 Å². The van der Waals surface area contributed by atoms with E-state index in [-0.39, 0.29) is 17.3 Å². The summed E-state index contributed by atoms with van der Waals surface area (Å²) in [6, 6.07) is 11.4. The first-order valence-corrected chi connectivity index (χ1v) is 12.3. The molecule has 7 heteroatoms. The quantitative estimate of drug-likeness (QED) is 0.141. The zero-order chi connectivity index (χ0) is 26.7. The van der Waals surface area contributed by atoms with Crippen LogP contribution in [-0.2, 0) is 14.3 Å². The van der Waals surface area contributed by atoms with Crippen LogP contribution in [0.3, 0.4) is 0 Å². The predicted octanol–water partition coefficient (Wildman–Crippen LogP) is 6.16. The molecule has 36 heavy (non-hydrogen) atoms. The number of hydrogen-bond acceptors (Lipinski definition) is 7. The van der Waals surface area contributed by atoms with Gasteiger partial charge in [-0.05, 0) is 85.5 Å². The second kappa shape index (κ2) is 13.7. The van der Waals surface area contributed by atoms with Crippen LogP contribution in [0.2, 0.25) is 0 Å². The Balaban J connectivity index is 1.74. The van der Waals surface area contributed by atoms with Crippen LogP contribution in [0.25, 0.3) is 0 Å². The summed E-state index contributed by atoms with van der Waals surface area (Å²) in [4.78, 5) is 35.4. The van der Waals surface area contributed by atoms with Crippen LogP contribution >= 0.6 is 0 Å². The lowest BCUT2D eigenvalue weighted by Gasteiger charge is -2.30. The van der Waals surface area contributed by atoms with Crippen molar-refractivity contribution in [1.82, 2.24) is 0 Å². The highest BCUT2D eigenvalue weighted by atomic mass is 16.5. The van der Waals surface area contributed by atoms with Gasteiger partial charge < -0.3 is 18.9 Å². The summed E-state index contributed by atoms with van der Waals surface area (Å²) in [5.41, 5.74) is 0.934. The number of carbonyl (C=O) groups is 3. The van der Waals surface area contributed by atoms with Gasteiger partial charge in [0.25, 0.3) is 6.47 Å². The van der Waals surface area contributed by atoms with Crippen LogP contribution in [0.5, 0.6) is 17.2 Å². The fraction of sp³-hybridized carbons (Fsp3) is 0.483. The minimum atomic E-state index is -0.502. The Bertz CT molecular complexity index is 1000. The third-order valence-electron chi connectivity index (χ3n) is 5.71. The molecule has 2 aromatic carbocycles. The van der Waals surface area contributed by atoms with Crippen molar-refractivity contribution in [2.45, 2.75) is 60.8 Å². The third-order valence-corrected chi connectivity index (χ3v) is 5.71. The first-order valence-electron chi connectivity index (χ1n) is 12.3. The molecule has 0 aliphatic carbocycles. The van der Waals surface area contributed by atoms with Crippen molar-refractivity contribution in [3.05, 3.63) is 53.6 Å². The monoisotopic (exact) mass is 498 g/mol. The van der Waals surface area contributed by atoms with Gasteiger partial charge in [0.2, 0.25) is 0 Å². The fourth-order valence-corrected chi connectivity index (χ4v) is 3.66. The van der Waals surface area contributed by atoms with Gasteiger partial charge in [-0.1, -0.05) is 34.6 Å². The number of esters is 2. The Morgan fingerprint density at radius 3 is 2.17 bits per heavy atom. The molecular weight excluding hydrogens is 460 g/mol. The van der Waals surface area contributed by atoms with E-state index in [1.807, 2.05) is 0 Å². The number of aryl methyl sites for hydroxylation is 1. The molecule has 1 atom stereocenters. The summed E-state index contributed by atoms with van der Waals surface area (Å²) in [7, 11) is 0. The van der Waals surface area contributed by atoms with Gasteiger partial charge in [0.1, 0.15) is 17.2 Å². The molecule has 2 aromatic rings. The number of unbranched alkanes of at least 4 members (excludes halogenated alkanes) is 1. The number of hydrogen-bond donors (Lipinski definition) is 0. The average molecular weight is 499 g/mol. The topological polar surface area (TPSA) is 88.1 Å². The second-order valence-electron chi connectivity index (χ2n) is 10.3. The third kappa shape index (κ3) is 9.36. The van der Waals surface area contributed by atoms with Crippen molar-refractivity contribution in [2.24, 2.45) is 17.3 Å². The lowest BCUT2D eigenvalue weighted by atomic mass is 9.76. The Kier molecular flexibility index (Phi) is 11.0. The van der Waals surface area contributed by atoms with Gasteiger partial charge in [-0.15, -0.1) is 0 Å². The van der Waals surface area contributed by atoms with Crippen molar-refractivity contribution in [3.8, 4) is 17.2 Å². The molecule has 7 nitrogen and oxygen atoms in total. The predicted molar refractivity (Wildman–Crippen MR) is 137 cm³/mol. The smallest absolute Gasteiger partial charge is 0.343 e. The van der Waals surface area contributed by atoms with Crippen molar-refractivity contribution in [3.63, 3.8) is 0 Å². The van der Waals surface area contributed by atoms with E-state index in [0.717, 1.165) is 12.8 Å². The number of carbonyl (C=O) groups excluding carboxylic acids is 3. The summed E-state index contributed by atoms with van der Waals surface area (Å²) >= 11 is 0. The first-order chi connectivity index (χ1) is 17.0. The van der Waals surface area contributed by atoms with Gasteiger partial charge in [0.15, 0.2) is 0 Å². The summed E-state index contributed by atoms with van der Waals surface area (Å²) in [5, 5.41) is 0. The molecule has 2 rings (SSSR count). The SMILES string of the molecule is Cc1cc(OC(=O)c2ccc(OCCCCOC(=O)C(CC(C)C)C(C)(C)C)cc2)ccc1OC=O. The zero-order valence-electron chi connectivity index (χ0n) is 22.2. The van der Waals surface area contributed by atoms with E-state index in [1.165, 1.54) is 0 Å².